The zero-order valence-corrected chi connectivity index (χ0v) is 7.41. The average Bonchev–Trinajstić information content (AvgIpc) is 2.35. The molecule has 10 heavy (non-hydrogen) atoms. The molecule has 0 bridgehead atoms. The summed E-state index contributed by atoms with van der Waals surface area (Å²) in [5.74, 6) is 1.11. The Bertz CT molecular complexity index is 155. The third kappa shape index (κ3) is 0.889. The minimum absolute atomic E-state index is 0.655. The van der Waals surface area contributed by atoms with Gasteiger partial charge in [0.25, 0.3) is 0 Å². The van der Waals surface area contributed by atoms with Gasteiger partial charge in [-0.05, 0) is 42.4 Å². The van der Waals surface area contributed by atoms with Crippen molar-refractivity contribution >= 4 is 0 Å². The fourth-order valence-corrected chi connectivity index (χ4v) is 2.92. The van der Waals surface area contributed by atoms with E-state index in [2.05, 4.69) is 20.8 Å². The van der Waals surface area contributed by atoms with Crippen LogP contribution in [0.2, 0.25) is 0 Å². The highest BCUT2D eigenvalue weighted by atomic mass is 14.6. The summed E-state index contributed by atoms with van der Waals surface area (Å²) in [6.45, 7) is 7.32. The summed E-state index contributed by atoms with van der Waals surface area (Å²) < 4.78 is 0. The van der Waals surface area contributed by atoms with Gasteiger partial charge in [-0.1, -0.05) is 20.8 Å². The molecule has 0 saturated heterocycles. The molecular weight excluding hydrogens is 120 g/mol. The number of hydrogen-bond acceptors (Lipinski definition) is 0. The fraction of sp³-hybridized carbons (Fsp3) is 1.00. The second kappa shape index (κ2) is 1.60. The molecule has 0 heterocycles. The van der Waals surface area contributed by atoms with Gasteiger partial charge in [-0.2, -0.15) is 0 Å². The van der Waals surface area contributed by atoms with Crippen LogP contribution in [0.4, 0.5) is 0 Å². The highest BCUT2D eigenvalue weighted by molar-refractivity contribution is 5.04. The van der Waals surface area contributed by atoms with Crippen LogP contribution in [0, 0.1) is 16.7 Å². The highest BCUT2D eigenvalue weighted by Crippen LogP contribution is 2.64. The van der Waals surface area contributed by atoms with Crippen molar-refractivity contribution in [3.63, 3.8) is 0 Å². The van der Waals surface area contributed by atoms with Crippen LogP contribution in [0.5, 0.6) is 0 Å². The minimum Gasteiger partial charge on any atom is -0.0599 e. The molecule has 0 aromatic carbocycles. The van der Waals surface area contributed by atoms with Crippen LogP contribution in [0.1, 0.15) is 46.5 Å². The van der Waals surface area contributed by atoms with Gasteiger partial charge in [-0.15, -0.1) is 0 Å². The normalized spacial score (nSPS) is 50.1. The summed E-state index contributed by atoms with van der Waals surface area (Å²) in [6.07, 6.45) is 5.97. The lowest BCUT2D eigenvalue weighted by Crippen LogP contribution is -2.22. The van der Waals surface area contributed by atoms with E-state index in [4.69, 9.17) is 0 Å². The van der Waals surface area contributed by atoms with E-state index in [1.165, 1.54) is 25.7 Å². The Morgan fingerprint density at radius 1 is 1.20 bits per heavy atom. The number of rotatable bonds is 0. The standard InChI is InChI=1S/C10H18/c1-9(2)5-4-8-6-10(8,3)7-9/h8H,4-7H2,1-3H3. The molecule has 0 aliphatic heterocycles. The lowest BCUT2D eigenvalue weighted by atomic mass is 9.72. The largest absolute Gasteiger partial charge is 0.0599 e. The quantitative estimate of drug-likeness (QED) is 0.482. The summed E-state index contributed by atoms with van der Waals surface area (Å²) >= 11 is 0. The second-order valence-electron chi connectivity index (χ2n) is 5.43. The molecule has 0 aromatic heterocycles. The lowest BCUT2D eigenvalue weighted by molar-refractivity contribution is 0.181. The van der Waals surface area contributed by atoms with Gasteiger partial charge in [0.1, 0.15) is 0 Å². The predicted molar refractivity (Wildman–Crippen MR) is 43.8 cm³/mol. The van der Waals surface area contributed by atoms with Gasteiger partial charge < -0.3 is 0 Å². The third-order valence-corrected chi connectivity index (χ3v) is 3.59. The van der Waals surface area contributed by atoms with Crippen LogP contribution < -0.4 is 0 Å². The molecule has 0 radical (unpaired) electrons. The molecule has 2 aliphatic carbocycles. The topological polar surface area (TPSA) is 0 Å². The van der Waals surface area contributed by atoms with Crippen LogP contribution in [-0.4, -0.2) is 0 Å². The molecule has 0 N–H and O–H groups in total. The molecule has 2 unspecified atom stereocenters. The summed E-state index contributed by atoms with van der Waals surface area (Å²) in [5, 5.41) is 0. The molecule has 0 spiro atoms. The van der Waals surface area contributed by atoms with Crippen molar-refractivity contribution < 1.29 is 0 Å². The van der Waals surface area contributed by atoms with Gasteiger partial charge in [0.05, 0.1) is 0 Å². The summed E-state index contributed by atoms with van der Waals surface area (Å²) in [6, 6.07) is 0. The zero-order chi connectivity index (χ0) is 7.41. The summed E-state index contributed by atoms with van der Waals surface area (Å²) in [5.41, 5.74) is 1.43. The first-order valence-corrected chi connectivity index (χ1v) is 4.52. The van der Waals surface area contributed by atoms with Gasteiger partial charge >= 0.3 is 0 Å². The second-order valence-corrected chi connectivity index (χ2v) is 5.43. The van der Waals surface area contributed by atoms with E-state index in [0.29, 0.717) is 5.41 Å². The zero-order valence-electron chi connectivity index (χ0n) is 7.41. The highest BCUT2D eigenvalue weighted by Gasteiger charge is 2.54. The Labute approximate surface area is 64.0 Å². The van der Waals surface area contributed by atoms with Crippen molar-refractivity contribution in [3.05, 3.63) is 0 Å². The van der Waals surface area contributed by atoms with Gasteiger partial charge in [0.15, 0.2) is 0 Å². The van der Waals surface area contributed by atoms with Crippen LogP contribution >= 0.6 is 0 Å². The maximum atomic E-state index is 2.47. The molecule has 2 saturated carbocycles. The monoisotopic (exact) mass is 138 g/mol. The molecule has 2 rings (SSSR count). The Hall–Kier alpha value is 0. The van der Waals surface area contributed by atoms with Crippen molar-refractivity contribution in [2.75, 3.05) is 0 Å². The third-order valence-electron chi connectivity index (χ3n) is 3.59. The Kier molecular flexibility index (Phi) is 1.07. The van der Waals surface area contributed by atoms with E-state index >= 15 is 0 Å². The number of hydrogen-bond donors (Lipinski definition) is 0. The first kappa shape index (κ1) is 6.69. The van der Waals surface area contributed by atoms with Crippen LogP contribution in [-0.2, 0) is 0 Å². The van der Waals surface area contributed by atoms with E-state index in [1.54, 1.807) is 0 Å². The Morgan fingerprint density at radius 3 is 2.40 bits per heavy atom. The Balaban J connectivity index is 2.09. The molecular formula is C10H18. The summed E-state index contributed by atoms with van der Waals surface area (Å²) in [7, 11) is 0. The minimum atomic E-state index is 0.655. The van der Waals surface area contributed by atoms with Gasteiger partial charge in [0.2, 0.25) is 0 Å². The van der Waals surface area contributed by atoms with E-state index in [-0.39, 0.29) is 0 Å². The molecule has 0 nitrogen and oxygen atoms in total. The van der Waals surface area contributed by atoms with E-state index in [9.17, 15) is 0 Å². The predicted octanol–water partition coefficient (Wildman–Crippen LogP) is 3.22. The van der Waals surface area contributed by atoms with E-state index in [0.717, 1.165) is 11.3 Å². The molecule has 2 fully saturated rings. The average molecular weight is 138 g/mol. The SMILES string of the molecule is CC1(C)CCC2CC2(C)C1. The van der Waals surface area contributed by atoms with E-state index in [1.807, 2.05) is 0 Å². The molecule has 2 aliphatic rings. The fourth-order valence-electron chi connectivity index (χ4n) is 2.92. The van der Waals surface area contributed by atoms with Crippen molar-refractivity contribution in [1.29, 1.82) is 0 Å². The first-order chi connectivity index (χ1) is 4.52. The van der Waals surface area contributed by atoms with Crippen molar-refractivity contribution in [2.45, 2.75) is 46.5 Å². The molecule has 0 aromatic rings. The summed E-state index contributed by atoms with van der Waals surface area (Å²) in [4.78, 5) is 0. The molecule has 0 heteroatoms. The van der Waals surface area contributed by atoms with Crippen LogP contribution in [0.3, 0.4) is 0 Å². The molecule has 0 amide bonds. The maximum Gasteiger partial charge on any atom is -0.0289 e. The van der Waals surface area contributed by atoms with Gasteiger partial charge in [-0.25, -0.2) is 0 Å². The van der Waals surface area contributed by atoms with Gasteiger partial charge in [-0.3, -0.25) is 0 Å². The Morgan fingerprint density at radius 2 is 1.90 bits per heavy atom. The van der Waals surface area contributed by atoms with Crippen molar-refractivity contribution in [2.24, 2.45) is 16.7 Å². The maximum absolute atomic E-state index is 2.47. The van der Waals surface area contributed by atoms with Crippen LogP contribution in [0.15, 0.2) is 0 Å². The molecule has 58 valence electrons. The number of fused-ring (bicyclic) bond motifs is 1. The van der Waals surface area contributed by atoms with Crippen molar-refractivity contribution in [1.82, 2.24) is 0 Å². The van der Waals surface area contributed by atoms with Crippen LogP contribution in [0.25, 0.3) is 0 Å². The lowest BCUT2D eigenvalue weighted by Gasteiger charge is -2.33. The van der Waals surface area contributed by atoms with Gasteiger partial charge in [0, 0.05) is 0 Å². The molecule has 2 atom stereocenters. The van der Waals surface area contributed by atoms with E-state index < -0.39 is 0 Å². The van der Waals surface area contributed by atoms with Crippen molar-refractivity contribution in [3.8, 4) is 0 Å². The first-order valence-electron chi connectivity index (χ1n) is 4.52. The smallest absolute Gasteiger partial charge is 0.0289 e.